The number of hydrogen-bond acceptors (Lipinski definition) is 3. The van der Waals surface area contributed by atoms with Gasteiger partial charge in [-0.05, 0) is 54.5 Å². The standard InChI is InChI=1S/C24H17Cl2FN2O2/c1-15-6-8-19(25)12-22(15)29-24(30)18(13-28)10-16-7-9-23(20(26)11-16)31-14-17-4-2-3-5-21(17)27/h2-12H,14H2,1H3,(H,29,30)/b18-10+. The molecule has 4 nitrogen and oxygen atoms in total. The Hall–Kier alpha value is -3.33. The monoisotopic (exact) mass is 454 g/mol. The van der Waals surface area contributed by atoms with Crippen molar-refractivity contribution in [2.45, 2.75) is 13.5 Å². The van der Waals surface area contributed by atoms with E-state index in [1.807, 2.05) is 13.0 Å². The number of hydrogen-bond donors (Lipinski definition) is 1. The molecule has 0 saturated carbocycles. The smallest absolute Gasteiger partial charge is 0.266 e. The molecule has 0 saturated heterocycles. The molecule has 3 rings (SSSR count). The summed E-state index contributed by atoms with van der Waals surface area (Å²) in [5.74, 6) is -0.568. The third kappa shape index (κ3) is 5.85. The highest BCUT2D eigenvalue weighted by atomic mass is 35.5. The zero-order valence-corrected chi connectivity index (χ0v) is 18.0. The van der Waals surface area contributed by atoms with Gasteiger partial charge in [-0.3, -0.25) is 4.79 Å². The third-order valence-electron chi connectivity index (χ3n) is 4.42. The highest BCUT2D eigenvalue weighted by Gasteiger charge is 2.12. The molecule has 0 radical (unpaired) electrons. The fraction of sp³-hybridized carbons (Fsp3) is 0.0833. The molecular weight excluding hydrogens is 438 g/mol. The van der Waals surface area contributed by atoms with Gasteiger partial charge in [-0.1, -0.05) is 53.5 Å². The lowest BCUT2D eigenvalue weighted by molar-refractivity contribution is -0.112. The van der Waals surface area contributed by atoms with Crippen LogP contribution in [0.1, 0.15) is 16.7 Å². The number of nitriles is 1. The molecule has 0 aliphatic heterocycles. The lowest BCUT2D eigenvalue weighted by atomic mass is 10.1. The maximum absolute atomic E-state index is 13.7. The first-order valence-electron chi connectivity index (χ1n) is 9.22. The van der Waals surface area contributed by atoms with E-state index in [-0.39, 0.29) is 23.0 Å². The van der Waals surface area contributed by atoms with Gasteiger partial charge in [0, 0.05) is 16.3 Å². The van der Waals surface area contributed by atoms with Crippen LogP contribution in [0.25, 0.3) is 6.08 Å². The van der Waals surface area contributed by atoms with Crippen LogP contribution in [0, 0.1) is 24.1 Å². The third-order valence-corrected chi connectivity index (χ3v) is 4.95. The quantitative estimate of drug-likeness (QED) is 0.338. The summed E-state index contributed by atoms with van der Waals surface area (Å²) < 4.78 is 19.3. The van der Waals surface area contributed by atoms with Crippen molar-refractivity contribution >= 4 is 40.9 Å². The molecule has 0 bridgehead atoms. The van der Waals surface area contributed by atoms with E-state index in [1.165, 1.54) is 12.1 Å². The number of halogens is 3. The van der Waals surface area contributed by atoms with E-state index in [1.54, 1.807) is 54.6 Å². The Labute approximate surface area is 189 Å². The molecule has 31 heavy (non-hydrogen) atoms. The molecule has 1 amide bonds. The molecule has 0 aliphatic rings. The first-order valence-corrected chi connectivity index (χ1v) is 9.98. The zero-order chi connectivity index (χ0) is 22.4. The van der Waals surface area contributed by atoms with Crippen LogP contribution in [0.5, 0.6) is 5.75 Å². The Bertz CT molecular complexity index is 1200. The molecule has 0 aliphatic carbocycles. The Morgan fingerprint density at radius 2 is 1.94 bits per heavy atom. The predicted octanol–water partition coefficient (Wildman–Crippen LogP) is 6.57. The van der Waals surface area contributed by atoms with Gasteiger partial charge >= 0.3 is 0 Å². The van der Waals surface area contributed by atoms with E-state index < -0.39 is 5.91 Å². The second kappa shape index (κ2) is 10.1. The Balaban J connectivity index is 1.74. The van der Waals surface area contributed by atoms with E-state index >= 15 is 0 Å². The highest BCUT2D eigenvalue weighted by molar-refractivity contribution is 6.32. The van der Waals surface area contributed by atoms with E-state index in [2.05, 4.69) is 5.32 Å². The number of benzene rings is 3. The summed E-state index contributed by atoms with van der Waals surface area (Å²) in [6.45, 7) is 1.84. The van der Waals surface area contributed by atoms with E-state index in [9.17, 15) is 14.4 Å². The van der Waals surface area contributed by atoms with E-state index in [0.717, 1.165) is 5.56 Å². The fourth-order valence-electron chi connectivity index (χ4n) is 2.73. The molecule has 7 heteroatoms. The van der Waals surface area contributed by atoms with Gasteiger partial charge in [0.25, 0.3) is 5.91 Å². The minimum Gasteiger partial charge on any atom is -0.487 e. The van der Waals surface area contributed by atoms with Gasteiger partial charge in [0.15, 0.2) is 0 Å². The molecule has 0 fully saturated rings. The van der Waals surface area contributed by atoms with Crippen molar-refractivity contribution in [2.75, 3.05) is 5.32 Å². The highest BCUT2D eigenvalue weighted by Crippen LogP contribution is 2.28. The summed E-state index contributed by atoms with van der Waals surface area (Å²) in [5.41, 5.74) is 2.18. The normalized spacial score (nSPS) is 11.0. The minimum absolute atomic E-state index is 0.0203. The molecule has 3 aromatic carbocycles. The van der Waals surface area contributed by atoms with Crippen molar-refractivity contribution in [3.05, 3.63) is 98.8 Å². The van der Waals surface area contributed by atoms with Gasteiger partial charge in [0.05, 0.1) is 5.02 Å². The van der Waals surface area contributed by atoms with Gasteiger partial charge in [-0.25, -0.2) is 4.39 Å². The van der Waals surface area contributed by atoms with Crippen molar-refractivity contribution in [1.82, 2.24) is 0 Å². The molecule has 0 spiro atoms. The number of ether oxygens (including phenoxy) is 1. The second-order valence-electron chi connectivity index (χ2n) is 6.65. The summed E-state index contributed by atoms with van der Waals surface area (Å²) in [5, 5.41) is 12.9. The van der Waals surface area contributed by atoms with Gasteiger partial charge in [-0.2, -0.15) is 5.26 Å². The van der Waals surface area contributed by atoms with E-state index in [4.69, 9.17) is 27.9 Å². The summed E-state index contributed by atoms with van der Waals surface area (Å²) >= 11 is 12.2. The van der Waals surface area contributed by atoms with Crippen LogP contribution in [0.15, 0.2) is 66.2 Å². The number of nitrogens with zero attached hydrogens (tertiary/aromatic N) is 1. The van der Waals surface area contributed by atoms with Crippen LogP contribution in [0.4, 0.5) is 10.1 Å². The number of carbonyl (C=O) groups excluding carboxylic acids is 1. The van der Waals surface area contributed by atoms with Gasteiger partial charge in [0.2, 0.25) is 0 Å². The molecule has 0 atom stereocenters. The van der Waals surface area contributed by atoms with Crippen LogP contribution in [0.2, 0.25) is 10.0 Å². The lowest BCUT2D eigenvalue weighted by Gasteiger charge is -2.10. The average molecular weight is 455 g/mol. The van der Waals surface area contributed by atoms with Crippen molar-refractivity contribution in [2.24, 2.45) is 0 Å². The van der Waals surface area contributed by atoms with Gasteiger partial charge in [0.1, 0.15) is 29.8 Å². The van der Waals surface area contributed by atoms with Crippen LogP contribution >= 0.6 is 23.2 Å². The Morgan fingerprint density at radius 3 is 2.65 bits per heavy atom. The predicted molar refractivity (Wildman–Crippen MR) is 121 cm³/mol. The Kier molecular flexibility index (Phi) is 7.30. The summed E-state index contributed by atoms with van der Waals surface area (Å²) in [6.07, 6.45) is 1.42. The molecular formula is C24H17Cl2FN2O2. The van der Waals surface area contributed by atoms with Crippen LogP contribution in [-0.2, 0) is 11.4 Å². The molecule has 0 heterocycles. The number of rotatable bonds is 6. The maximum atomic E-state index is 13.7. The van der Waals surface area contributed by atoms with E-state index in [0.29, 0.717) is 27.6 Å². The number of aryl methyl sites for hydroxylation is 1. The molecule has 156 valence electrons. The maximum Gasteiger partial charge on any atom is 0.266 e. The zero-order valence-electron chi connectivity index (χ0n) is 16.5. The first-order chi connectivity index (χ1) is 14.9. The van der Waals surface area contributed by atoms with Crippen LogP contribution < -0.4 is 10.1 Å². The summed E-state index contributed by atoms with van der Waals surface area (Å²) in [6, 6.07) is 18.1. The molecule has 3 aromatic rings. The number of anilines is 1. The van der Waals surface area contributed by atoms with Crippen LogP contribution in [0.3, 0.4) is 0 Å². The number of amides is 1. The molecule has 0 aromatic heterocycles. The SMILES string of the molecule is Cc1ccc(Cl)cc1NC(=O)/C(C#N)=C/c1ccc(OCc2ccccc2F)c(Cl)c1. The summed E-state index contributed by atoms with van der Waals surface area (Å²) in [7, 11) is 0. The fourth-order valence-corrected chi connectivity index (χ4v) is 3.14. The van der Waals surface area contributed by atoms with Crippen molar-refractivity contribution in [1.29, 1.82) is 5.26 Å². The number of carbonyl (C=O) groups is 1. The summed E-state index contributed by atoms with van der Waals surface area (Å²) in [4.78, 5) is 12.5. The molecule has 1 N–H and O–H groups in total. The minimum atomic E-state index is -0.566. The number of nitrogens with one attached hydrogen (secondary N) is 1. The average Bonchev–Trinajstić information content (AvgIpc) is 2.75. The van der Waals surface area contributed by atoms with Gasteiger partial charge < -0.3 is 10.1 Å². The Morgan fingerprint density at radius 1 is 1.16 bits per heavy atom. The van der Waals surface area contributed by atoms with Gasteiger partial charge in [-0.15, -0.1) is 0 Å². The first kappa shape index (κ1) is 22.4. The van der Waals surface area contributed by atoms with Crippen LogP contribution in [-0.4, -0.2) is 5.91 Å². The largest absolute Gasteiger partial charge is 0.487 e. The van der Waals surface area contributed by atoms with Crippen molar-refractivity contribution < 1.29 is 13.9 Å². The topological polar surface area (TPSA) is 62.1 Å². The van der Waals surface area contributed by atoms with Crippen molar-refractivity contribution in [3.8, 4) is 11.8 Å². The lowest BCUT2D eigenvalue weighted by Crippen LogP contribution is -2.14. The van der Waals surface area contributed by atoms with Crippen molar-refractivity contribution in [3.63, 3.8) is 0 Å². The second-order valence-corrected chi connectivity index (χ2v) is 7.50. The molecule has 0 unspecified atom stereocenters.